The van der Waals surface area contributed by atoms with Crippen molar-refractivity contribution in [2.24, 2.45) is 16.8 Å². The summed E-state index contributed by atoms with van der Waals surface area (Å²) in [4.78, 5) is 12.0. The van der Waals surface area contributed by atoms with Crippen molar-refractivity contribution < 1.29 is 14.7 Å². The highest BCUT2D eigenvalue weighted by Gasteiger charge is 2.28. The molecule has 1 fully saturated rings. The fourth-order valence-corrected chi connectivity index (χ4v) is 2.30. The number of nitrogens with two attached hydrogens (primary N) is 1. The number of amides is 1. The summed E-state index contributed by atoms with van der Waals surface area (Å²) in [6, 6.07) is 4.76. The minimum Gasteiger partial charge on any atom is -0.409 e. The van der Waals surface area contributed by atoms with Crippen molar-refractivity contribution in [3.05, 3.63) is 28.8 Å². The van der Waals surface area contributed by atoms with E-state index in [-0.39, 0.29) is 23.8 Å². The van der Waals surface area contributed by atoms with Gasteiger partial charge in [0.2, 0.25) is 5.91 Å². The van der Waals surface area contributed by atoms with Gasteiger partial charge in [0.1, 0.15) is 0 Å². The van der Waals surface area contributed by atoms with Gasteiger partial charge in [0.15, 0.2) is 5.84 Å². The molecule has 2 atom stereocenters. The highest BCUT2D eigenvalue weighted by atomic mass is 35.5. The molecule has 1 aromatic rings. The molecule has 0 radical (unpaired) electrons. The number of nitrogens with one attached hydrogen (secondary N) is 1. The summed E-state index contributed by atoms with van der Waals surface area (Å²) in [7, 11) is 0. The quantitative estimate of drug-likeness (QED) is 0.343. The fraction of sp³-hybridized carbons (Fsp3) is 0.385. The van der Waals surface area contributed by atoms with E-state index in [0.717, 1.165) is 0 Å². The Labute approximate surface area is 121 Å². The molecule has 7 heteroatoms. The number of rotatable bonds is 3. The van der Waals surface area contributed by atoms with E-state index in [1.807, 2.05) is 6.92 Å². The van der Waals surface area contributed by atoms with E-state index in [2.05, 4.69) is 10.5 Å². The van der Waals surface area contributed by atoms with Crippen LogP contribution in [0.25, 0.3) is 0 Å². The molecule has 2 rings (SSSR count). The van der Waals surface area contributed by atoms with E-state index in [4.69, 9.17) is 27.3 Å². The average Bonchev–Trinajstić information content (AvgIpc) is 2.86. The molecule has 1 heterocycles. The minimum atomic E-state index is -0.162. The molecule has 6 nitrogen and oxygen atoms in total. The molecular formula is C13H16ClN3O3. The predicted octanol–water partition coefficient (Wildman–Crippen LogP) is 1.80. The molecular weight excluding hydrogens is 282 g/mol. The second-order valence-electron chi connectivity index (χ2n) is 4.75. The Morgan fingerprint density at radius 2 is 2.35 bits per heavy atom. The van der Waals surface area contributed by atoms with Gasteiger partial charge in [-0.1, -0.05) is 16.8 Å². The van der Waals surface area contributed by atoms with Gasteiger partial charge in [0.25, 0.3) is 0 Å². The topological polar surface area (TPSA) is 96.9 Å². The van der Waals surface area contributed by atoms with Crippen LogP contribution >= 0.6 is 11.6 Å². The Hall–Kier alpha value is -1.79. The summed E-state index contributed by atoms with van der Waals surface area (Å²) in [6.45, 7) is 2.36. The predicted molar refractivity (Wildman–Crippen MR) is 76.1 cm³/mol. The summed E-state index contributed by atoms with van der Waals surface area (Å²) in [5, 5.41) is 14.6. The molecule has 1 aliphatic rings. The molecule has 0 aliphatic carbocycles. The molecule has 0 bridgehead atoms. The number of hydrogen-bond donors (Lipinski definition) is 3. The number of benzene rings is 1. The molecule has 0 spiro atoms. The van der Waals surface area contributed by atoms with Crippen LogP contribution in [0, 0.1) is 5.92 Å². The van der Waals surface area contributed by atoms with E-state index in [0.29, 0.717) is 29.3 Å². The SMILES string of the molecule is CC1CC(C(=O)Nc2ccc(/C(N)=N/O)cc2Cl)CO1. The standard InChI is InChI=1S/C13H16ClN3O3/c1-7-4-9(6-20-7)13(18)16-11-3-2-8(5-10(11)14)12(15)17-19/h2-3,5,7,9,19H,4,6H2,1H3,(H2,15,17)(H,16,18). The third kappa shape index (κ3) is 3.20. The van der Waals surface area contributed by atoms with Gasteiger partial charge in [-0.3, -0.25) is 4.79 Å². The third-order valence-corrected chi connectivity index (χ3v) is 3.51. The molecule has 1 aromatic carbocycles. The minimum absolute atomic E-state index is 0.0391. The summed E-state index contributed by atoms with van der Waals surface area (Å²) >= 11 is 6.07. The summed E-state index contributed by atoms with van der Waals surface area (Å²) in [5.74, 6) is -0.319. The number of halogens is 1. The van der Waals surface area contributed by atoms with E-state index >= 15 is 0 Å². The van der Waals surface area contributed by atoms with Crippen molar-refractivity contribution in [3.8, 4) is 0 Å². The summed E-state index contributed by atoms with van der Waals surface area (Å²) in [6.07, 6.45) is 0.801. The first-order valence-corrected chi connectivity index (χ1v) is 6.59. The van der Waals surface area contributed by atoms with Crippen LogP contribution in [0.3, 0.4) is 0 Å². The smallest absolute Gasteiger partial charge is 0.229 e. The zero-order valence-corrected chi connectivity index (χ0v) is 11.7. The van der Waals surface area contributed by atoms with Crippen molar-refractivity contribution in [2.45, 2.75) is 19.4 Å². The van der Waals surface area contributed by atoms with E-state index in [1.54, 1.807) is 12.1 Å². The van der Waals surface area contributed by atoms with Gasteiger partial charge in [-0.25, -0.2) is 0 Å². The molecule has 0 saturated carbocycles. The number of nitrogens with zero attached hydrogens (tertiary/aromatic N) is 1. The van der Waals surface area contributed by atoms with Crippen molar-refractivity contribution in [2.75, 3.05) is 11.9 Å². The summed E-state index contributed by atoms with van der Waals surface area (Å²) < 4.78 is 5.37. The van der Waals surface area contributed by atoms with Crippen LogP contribution in [0.2, 0.25) is 5.02 Å². The zero-order chi connectivity index (χ0) is 14.7. The number of ether oxygens (including phenoxy) is 1. The van der Waals surface area contributed by atoms with Crippen molar-refractivity contribution in [1.29, 1.82) is 0 Å². The van der Waals surface area contributed by atoms with Crippen LogP contribution in [0.1, 0.15) is 18.9 Å². The average molecular weight is 298 g/mol. The molecule has 4 N–H and O–H groups in total. The van der Waals surface area contributed by atoms with Gasteiger partial charge < -0.3 is 21.0 Å². The van der Waals surface area contributed by atoms with Gasteiger partial charge in [-0.15, -0.1) is 0 Å². The third-order valence-electron chi connectivity index (χ3n) is 3.20. The van der Waals surface area contributed by atoms with Gasteiger partial charge in [-0.2, -0.15) is 0 Å². The molecule has 1 saturated heterocycles. The molecule has 108 valence electrons. The Bertz CT molecular complexity index is 548. The van der Waals surface area contributed by atoms with E-state index in [9.17, 15) is 4.79 Å². The highest BCUT2D eigenvalue weighted by Crippen LogP contribution is 2.26. The lowest BCUT2D eigenvalue weighted by Gasteiger charge is -2.11. The number of carbonyl (C=O) groups is 1. The van der Waals surface area contributed by atoms with Gasteiger partial charge in [-0.05, 0) is 31.5 Å². The van der Waals surface area contributed by atoms with Crippen LogP contribution in [0.4, 0.5) is 5.69 Å². The molecule has 1 amide bonds. The molecule has 1 aliphatic heterocycles. The largest absolute Gasteiger partial charge is 0.409 e. The van der Waals surface area contributed by atoms with Crippen molar-refractivity contribution in [1.82, 2.24) is 0 Å². The number of amidine groups is 1. The second kappa shape index (κ2) is 6.11. The Morgan fingerprint density at radius 3 is 2.90 bits per heavy atom. The van der Waals surface area contributed by atoms with Crippen LogP contribution in [0.15, 0.2) is 23.4 Å². The van der Waals surface area contributed by atoms with Crippen LogP contribution in [-0.2, 0) is 9.53 Å². The molecule has 20 heavy (non-hydrogen) atoms. The maximum Gasteiger partial charge on any atom is 0.229 e. The van der Waals surface area contributed by atoms with E-state index < -0.39 is 0 Å². The molecule has 2 unspecified atom stereocenters. The zero-order valence-electron chi connectivity index (χ0n) is 11.0. The van der Waals surface area contributed by atoms with Crippen LogP contribution in [-0.4, -0.2) is 29.7 Å². The van der Waals surface area contributed by atoms with Crippen molar-refractivity contribution >= 4 is 29.0 Å². The van der Waals surface area contributed by atoms with Gasteiger partial charge >= 0.3 is 0 Å². The number of oxime groups is 1. The first kappa shape index (κ1) is 14.6. The monoisotopic (exact) mass is 297 g/mol. The Balaban J connectivity index is 2.08. The maximum absolute atomic E-state index is 12.0. The lowest BCUT2D eigenvalue weighted by molar-refractivity contribution is -0.119. The maximum atomic E-state index is 12.0. The normalized spacial score (nSPS) is 22.8. The number of hydrogen-bond acceptors (Lipinski definition) is 4. The highest BCUT2D eigenvalue weighted by molar-refractivity contribution is 6.34. The van der Waals surface area contributed by atoms with Crippen molar-refractivity contribution in [3.63, 3.8) is 0 Å². The Kier molecular flexibility index (Phi) is 4.46. The number of carbonyl (C=O) groups excluding carboxylic acids is 1. The fourth-order valence-electron chi connectivity index (χ4n) is 2.07. The van der Waals surface area contributed by atoms with Gasteiger partial charge in [0, 0.05) is 5.56 Å². The van der Waals surface area contributed by atoms with Crippen LogP contribution in [0.5, 0.6) is 0 Å². The van der Waals surface area contributed by atoms with Crippen LogP contribution < -0.4 is 11.1 Å². The number of anilines is 1. The summed E-state index contributed by atoms with van der Waals surface area (Å²) in [5.41, 5.74) is 6.44. The first-order valence-electron chi connectivity index (χ1n) is 6.21. The first-order chi connectivity index (χ1) is 9.51. The lowest BCUT2D eigenvalue weighted by atomic mass is 10.1. The van der Waals surface area contributed by atoms with E-state index in [1.165, 1.54) is 6.07 Å². The molecule has 0 aromatic heterocycles. The Morgan fingerprint density at radius 1 is 1.60 bits per heavy atom. The second-order valence-corrected chi connectivity index (χ2v) is 5.15. The van der Waals surface area contributed by atoms with Gasteiger partial charge in [0.05, 0.1) is 29.3 Å². The lowest BCUT2D eigenvalue weighted by Crippen LogP contribution is -2.23.